The number of nitrogens with zero attached hydrogens (tertiary/aromatic N) is 2. The first-order chi connectivity index (χ1) is 12.5. The molecule has 1 aromatic heterocycles. The summed E-state index contributed by atoms with van der Waals surface area (Å²) in [5.74, 6) is 0.0229. The standard InChI is InChI=1S/C19H24BrN3O2S/c1-3-23-18(25)15-11-13(20)9-10-16(15)22-19(23)26-12(2)17(24)21-14-7-5-4-6-8-14/h9-12,14H,3-8H2,1-2H3,(H,21,24). The van der Waals surface area contributed by atoms with Crippen LogP contribution < -0.4 is 10.9 Å². The first-order valence-electron chi connectivity index (χ1n) is 9.16. The number of amides is 1. The van der Waals surface area contributed by atoms with Crippen LogP contribution in [0.1, 0.15) is 46.0 Å². The quantitative estimate of drug-likeness (QED) is 0.564. The van der Waals surface area contributed by atoms with E-state index in [1.165, 1.54) is 31.0 Å². The molecule has 26 heavy (non-hydrogen) atoms. The van der Waals surface area contributed by atoms with Crippen LogP contribution in [0, 0.1) is 0 Å². The maximum absolute atomic E-state index is 12.8. The minimum absolute atomic E-state index is 0.0229. The second kappa shape index (κ2) is 8.57. The van der Waals surface area contributed by atoms with Crippen molar-refractivity contribution in [3.63, 3.8) is 0 Å². The summed E-state index contributed by atoms with van der Waals surface area (Å²) in [6, 6.07) is 5.79. The molecule has 5 nitrogen and oxygen atoms in total. The molecule has 7 heteroatoms. The zero-order valence-corrected chi connectivity index (χ0v) is 17.5. The molecule has 140 valence electrons. The highest BCUT2D eigenvalue weighted by molar-refractivity contribution is 9.10. The van der Waals surface area contributed by atoms with Gasteiger partial charge in [0.25, 0.3) is 5.56 Å². The van der Waals surface area contributed by atoms with Gasteiger partial charge in [0.2, 0.25) is 5.91 Å². The van der Waals surface area contributed by atoms with Crippen molar-refractivity contribution >= 4 is 44.5 Å². The zero-order chi connectivity index (χ0) is 18.7. The molecule has 0 radical (unpaired) electrons. The van der Waals surface area contributed by atoms with E-state index < -0.39 is 0 Å². The van der Waals surface area contributed by atoms with Gasteiger partial charge in [-0.25, -0.2) is 4.98 Å². The number of carbonyl (C=O) groups is 1. The van der Waals surface area contributed by atoms with Gasteiger partial charge in [-0.05, 0) is 44.9 Å². The number of rotatable bonds is 5. The molecule has 0 saturated heterocycles. The van der Waals surface area contributed by atoms with Gasteiger partial charge < -0.3 is 5.32 Å². The highest BCUT2D eigenvalue weighted by Gasteiger charge is 2.22. The van der Waals surface area contributed by atoms with Gasteiger partial charge in [-0.15, -0.1) is 0 Å². The van der Waals surface area contributed by atoms with Gasteiger partial charge >= 0.3 is 0 Å². The third kappa shape index (κ3) is 4.31. The van der Waals surface area contributed by atoms with E-state index in [4.69, 9.17) is 0 Å². The van der Waals surface area contributed by atoms with Crippen LogP contribution in [-0.2, 0) is 11.3 Å². The lowest BCUT2D eigenvalue weighted by Gasteiger charge is -2.24. The predicted octanol–water partition coefficient (Wildman–Crippen LogP) is 4.11. The van der Waals surface area contributed by atoms with Crippen molar-refractivity contribution in [2.24, 2.45) is 0 Å². The largest absolute Gasteiger partial charge is 0.352 e. The first kappa shape index (κ1) is 19.4. The number of halogens is 1. The lowest BCUT2D eigenvalue weighted by atomic mass is 9.95. The summed E-state index contributed by atoms with van der Waals surface area (Å²) < 4.78 is 2.50. The van der Waals surface area contributed by atoms with Gasteiger partial charge in [0.15, 0.2) is 5.16 Å². The van der Waals surface area contributed by atoms with Crippen LogP contribution in [-0.4, -0.2) is 26.8 Å². The van der Waals surface area contributed by atoms with Gasteiger partial charge in [-0.2, -0.15) is 0 Å². The van der Waals surface area contributed by atoms with E-state index in [2.05, 4.69) is 26.2 Å². The highest BCUT2D eigenvalue weighted by Crippen LogP contribution is 2.25. The Balaban J connectivity index is 1.81. The number of hydrogen-bond acceptors (Lipinski definition) is 4. The molecule has 0 bridgehead atoms. The Morgan fingerprint density at radius 1 is 1.38 bits per heavy atom. The number of thioether (sulfide) groups is 1. The van der Waals surface area contributed by atoms with E-state index in [0.717, 1.165) is 17.3 Å². The van der Waals surface area contributed by atoms with Crippen LogP contribution >= 0.6 is 27.7 Å². The Morgan fingerprint density at radius 2 is 2.12 bits per heavy atom. The summed E-state index contributed by atoms with van der Waals surface area (Å²) in [6.45, 7) is 4.32. The average molecular weight is 438 g/mol. The van der Waals surface area contributed by atoms with Gasteiger partial charge in [-0.1, -0.05) is 47.0 Å². The Bertz CT molecular complexity index is 862. The van der Waals surface area contributed by atoms with Gasteiger partial charge in [0, 0.05) is 17.1 Å². The molecule has 1 amide bonds. The number of carbonyl (C=O) groups excluding carboxylic acids is 1. The molecule has 0 spiro atoms. The number of nitrogens with one attached hydrogen (secondary N) is 1. The molecule has 1 saturated carbocycles. The normalized spacial score (nSPS) is 16.6. The van der Waals surface area contributed by atoms with Crippen LogP contribution in [0.2, 0.25) is 0 Å². The molecule has 0 aliphatic heterocycles. The summed E-state index contributed by atoms with van der Waals surface area (Å²) in [7, 11) is 0. The molecule has 1 unspecified atom stereocenters. The first-order valence-corrected chi connectivity index (χ1v) is 10.8. The van der Waals surface area contributed by atoms with Crippen LogP contribution in [0.25, 0.3) is 10.9 Å². The van der Waals surface area contributed by atoms with E-state index in [1.54, 1.807) is 10.6 Å². The lowest BCUT2D eigenvalue weighted by Crippen LogP contribution is -2.40. The predicted molar refractivity (Wildman–Crippen MR) is 110 cm³/mol. The molecule has 1 N–H and O–H groups in total. The van der Waals surface area contributed by atoms with Gasteiger partial charge in [0.05, 0.1) is 16.2 Å². The molecule has 1 atom stereocenters. The second-order valence-electron chi connectivity index (χ2n) is 6.71. The van der Waals surface area contributed by atoms with Crippen LogP contribution in [0.4, 0.5) is 0 Å². The van der Waals surface area contributed by atoms with Crippen LogP contribution in [0.15, 0.2) is 32.6 Å². The summed E-state index contributed by atoms with van der Waals surface area (Å²) in [5.41, 5.74) is 0.589. The zero-order valence-electron chi connectivity index (χ0n) is 15.1. The molecule has 1 aliphatic rings. The summed E-state index contributed by atoms with van der Waals surface area (Å²) >= 11 is 4.76. The maximum atomic E-state index is 12.8. The number of fused-ring (bicyclic) bond motifs is 1. The topological polar surface area (TPSA) is 64.0 Å². The Kier molecular flexibility index (Phi) is 6.40. The van der Waals surface area contributed by atoms with Crippen molar-refractivity contribution < 1.29 is 4.79 Å². The van der Waals surface area contributed by atoms with E-state index in [1.807, 2.05) is 26.0 Å². The van der Waals surface area contributed by atoms with Crippen molar-refractivity contribution in [2.75, 3.05) is 0 Å². The molecule has 1 aliphatic carbocycles. The molecule has 1 fully saturated rings. The van der Waals surface area contributed by atoms with E-state index >= 15 is 0 Å². The minimum Gasteiger partial charge on any atom is -0.352 e. The van der Waals surface area contributed by atoms with Crippen molar-refractivity contribution in [1.29, 1.82) is 0 Å². The highest BCUT2D eigenvalue weighted by atomic mass is 79.9. The molecule has 1 aromatic carbocycles. The molecular formula is C19H24BrN3O2S. The van der Waals surface area contributed by atoms with E-state index in [-0.39, 0.29) is 22.8 Å². The Labute approximate surface area is 166 Å². The number of benzene rings is 1. The van der Waals surface area contributed by atoms with Crippen molar-refractivity contribution in [2.45, 2.75) is 68.9 Å². The second-order valence-corrected chi connectivity index (χ2v) is 8.93. The minimum atomic E-state index is -0.297. The van der Waals surface area contributed by atoms with Crippen molar-refractivity contribution in [3.8, 4) is 0 Å². The van der Waals surface area contributed by atoms with E-state index in [9.17, 15) is 9.59 Å². The summed E-state index contributed by atoms with van der Waals surface area (Å²) in [5, 5.41) is 4.04. The number of aromatic nitrogens is 2. The third-order valence-corrected chi connectivity index (χ3v) is 6.38. The van der Waals surface area contributed by atoms with Gasteiger partial charge in [0.1, 0.15) is 0 Å². The Hall–Kier alpha value is -1.34. The monoisotopic (exact) mass is 437 g/mol. The fourth-order valence-corrected chi connectivity index (χ4v) is 4.66. The molecule has 1 heterocycles. The maximum Gasteiger partial charge on any atom is 0.262 e. The lowest BCUT2D eigenvalue weighted by molar-refractivity contribution is -0.121. The SMILES string of the molecule is CCn1c(SC(C)C(=O)NC2CCCCC2)nc2ccc(Br)cc2c1=O. The summed E-state index contributed by atoms with van der Waals surface area (Å²) in [4.78, 5) is 30.0. The van der Waals surface area contributed by atoms with E-state index in [0.29, 0.717) is 22.6 Å². The van der Waals surface area contributed by atoms with Crippen LogP contribution in [0.3, 0.4) is 0 Å². The molecule has 2 aromatic rings. The van der Waals surface area contributed by atoms with Crippen molar-refractivity contribution in [3.05, 3.63) is 33.0 Å². The third-order valence-electron chi connectivity index (χ3n) is 4.80. The fourth-order valence-electron chi connectivity index (χ4n) is 3.32. The molecular weight excluding hydrogens is 414 g/mol. The summed E-state index contributed by atoms with van der Waals surface area (Å²) in [6.07, 6.45) is 5.75. The fraction of sp³-hybridized carbons (Fsp3) is 0.526. The molecule has 3 rings (SSSR count). The number of hydrogen-bond donors (Lipinski definition) is 1. The smallest absolute Gasteiger partial charge is 0.262 e. The Morgan fingerprint density at radius 3 is 2.81 bits per heavy atom. The van der Waals surface area contributed by atoms with Crippen LogP contribution in [0.5, 0.6) is 0 Å². The van der Waals surface area contributed by atoms with Gasteiger partial charge in [-0.3, -0.25) is 14.2 Å². The average Bonchev–Trinajstić information content (AvgIpc) is 2.63. The van der Waals surface area contributed by atoms with Crippen molar-refractivity contribution in [1.82, 2.24) is 14.9 Å².